The number of hydrogen-bond donors (Lipinski definition) is 1. The maximum absolute atomic E-state index is 13.1. The summed E-state index contributed by atoms with van der Waals surface area (Å²) in [4.78, 5) is 41.9. The largest absolute Gasteiger partial charge is 0.342 e. The third kappa shape index (κ3) is 3.91. The minimum absolute atomic E-state index is 0.0166. The van der Waals surface area contributed by atoms with Crippen LogP contribution in [0, 0.1) is 5.92 Å². The highest BCUT2D eigenvalue weighted by Crippen LogP contribution is 2.34. The topological polar surface area (TPSA) is 69.7 Å². The van der Waals surface area contributed by atoms with Crippen molar-refractivity contribution in [1.82, 2.24) is 9.80 Å². The molecule has 0 saturated carbocycles. The Balaban J connectivity index is 1.38. The number of carbonyl (C=O) groups is 3. The molecule has 1 N–H and O–H groups in total. The lowest BCUT2D eigenvalue weighted by Crippen LogP contribution is -2.46. The number of rotatable bonds is 2. The maximum Gasteiger partial charge on any atom is 0.230 e. The molecule has 0 aromatic heterocycles. The van der Waals surface area contributed by atoms with Crippen molar-refractivity contribution in [2.45, 2.75) is 50.9 Å². The van der Waals surface area contributed by atoms with Crippen molar-refractivity contribution < 1.29 is 14.4 Å². The first kappa shape index (κ1) is 19.0. The number of nitrogens with zero attached hydrogens (tertiary/aromatic N) is 2. The zero-order valence-corrected chi connectivity index (χ0v) is 16.4. The molecule has 2 fully saturated rings. The quantitative estimate of drug-likeness (QED) is 0.854. The highest BCUT2D eigenvalue weighted by Gasteiger charge is 2.36. The van der Waals surface area contributed by atoms with E-state index in [0.717, 1.165) is 50.0 Å². The molecule has 0 spiro atoms. The fourth-order valence-corrected chi connectivity index (χ4v) is 4.75. The molecule has 150 valence electrons. The van der Waals surface area contributed by atoms with E-state index in [1.165, 1.54) is 12.8 Å². The molecule has 0 radical (unpaired) electrons. The Morgan fingerprint density at radius 2 is 1.50 bits per heavy atom. The molecule has 1 unspecified atom stereocenters. The molecule has 1 aromatic carbocycles. The lowest BCUT2D eigenvalue weighted by atomic mass is 9.88. The number of hydrogen-bond acceptors (Lipinski definition) is 3. The molecule has 0 bridgehead atoms. The lowest BCUT2D eigenvalue weighted by molar-refractivity contribution is -0.141. The van der Waals surface area contributed by atoms with Crippen LogP contribution >= 0.6 is 0 Å². The van der Waals surface area contributed by atoms with Gasteiger partial charge in [0.25, 0.3) is 0 Å². The Morgan fingerprint density at radius 3 is 2.21 bits per heavy atom. The van der Waals surface area contributed by atoms with Crippen molar-refractivity contribution in [2.24, 2.45) is 5.92 Å². The van der Waals surface area contributed by atoms with E-state index >= 15 is 0 Å². The van der Waals surface area contributed by atoms with E-state index < -0.39 is 5.92 Å². The Kier molecular flexibility index (Phi) is 5.64. The van der Waals surface area contributed by atoms with E-state index in [4.69, 9.17) is 0 Å². The summed E-state index contributed by atoms with van der Waals surface area (Å²) < 4.78 is 0. The number of likely N-dealkylation sites (tertiary alicyclic amines) is 2. The number of para-hydroxylation sites is 1. The van der Waals surface area contributed by atoms with Gasteiger partial charge in [-0.25, -0.2) is 0 Å². The van der Waals surface area contributed by atoms with Gasteiger partial charge >= 0.3 is 0 Å². The lowest BCUT2D eigenvalue weighted by Gasteiger charge is -2.36. The molecule has 3 aliphatic heterocycles. The molecule has 2 saturated heterocycles. The summed E-state index contributed by atoms with van der Waals surface area (Å²) in [5.74, 6) is -0.200. The second-order valence-electron chi connectivity index (χ2n) is 8.23. The molecule has 28 heavy (non-hydrogen) atoms. The number of anilines is 1. The Morgan fingerprint density at radius 1 is 0.857 bits per heavy atom. The molecule has 3 heterocycles. The summed E-state index contributed by atoms with van der Waals surface area (Å²) in [5, 5.41) is 2.85. The van der Waals surface area contributed by atoms with Gasteiger partial charge in [-0.15, -0.1) is 0 Å². The molecule has 3 amide bonds. The van der Waals surface area contributed by atoms with Gasteiger partial charge in [-0.2, -0.15) is 0 Å². The monoisotopic (exact) mass is 383 g/mol. The normalized spacial score (nSPS) is 23.6. The number of fused-ring (bicyclic) bond motifs is 1. The summed E-state index contributed by atoms with van der Waals surface area (Å²) >= 11 is 0. The van der Waals surface area contributed by atoms with Gasteiger partial charge in [0, 0.05) is 44.2 Å². The molecule has 3 aliphatic rings. The first-order chi connectivity index (χ1) is 13.6. The molecular formula is C22H29N3O3. The molecule has 1 aromatic rings. The van der Waals surface area contributed by atoms with Crippen LogP contribution in [0.3, 0.4) is 0 Å². The van der Waals surface area contributed by atoms with Gasteiger partial charge in [0.05, 0.1) is 5.92 Å². The number of benzene rings is 1. The standard InChI is InChI=1S/C22H29N3O3/c26-20-15-18(17-7-3-4-8-19(17)23-20)22(28)25-13-9-16(10-14-25)21(27)24-11-5-1-2-6-12-24/h3-4,7-8,16,18H,1-2,5-6,9-15H2,(H,23,26). The summed E-state index contributed by atoms with van der Waals surface area (Å²) in [6.45, 7) is 2.96. The third-order valence-corrected chi connectivity index (χ3v) is 6.37. The predicted octanol–water partition coefficient (Wildman–Crippen LogP) is 2.75. The first-order valence-corrected chi connectivity index (χ1v) is 10.6. The van der Waals surface area contributed by atoms with E-state index in [1.807, 2.05) is 34.1 Å². The summed E-state index contributed by atoms with van der Waals surface area (Å²) in [7, 11) is 0. The average molecular weight is 383 g/mol. The van der Waals surface area contributed by atoms with Crippen molar-refractivity contribution >= 4 is 23.4 Å². The summed E-state index contributed by atoms with van der Waals surface area (Å²) in [6.07, 6.45) is 6.28. The van der Waals surface area contributed by atoms with Gasteiger partial charge in [0.2, 0.25) is 17.7 Å². The van der Waals surface area contributed by atoms with Crippen molar-refractivity contribution in [2.75, 3.05) is 31.5 Å². The van der Waals surface area contributed by atoms with Crippen LogP contribution in [-0.2, 0) is 14.4 Å². The van der Waals surface area contributed by atoms with Crippen LogP contribution in [0.15, 0.2) is 24.3 Å². The van der Waals surface area contributed by atoms with E-state index in [2.05, 4.69) is 5.32 Å². The van der Waals surface area contributed by atoms with Crippen molar-refractivity contribution in [3.8, 4) is 0 Å². The van der Waals surface area contributed by atoms with Crippen LogP contribution in [0.1, 0.15) is 56.4 Å². The molecule has 1 atom stereocenters. The average Bonchev–Trinajstić information content (AvgIpc) is 3.02. The number of piperidine rings is 1. The Labute approximate surface area is 166 Å². The van der Waals surface area contributed by atoms with Gasteiger partial charge in [0.15, 0.2) is 0 Å². The van der Waals surface area contributed by atoms with E-state index in [9.17, 15) is 14.4 Å². The van der Waals surface area contributed by atoms with Crippen LogP contribution in [-0.4, -0.2) is 53.7 Å². The van der Waals surface area contributed by atoms with E-state index in [0.29, 0.717) is 13.1 Å². The van der Waals surface area contributed by atoms with Gasteiger partial charge in [-0.3, -0.25) is 14.4 Å². The second-order valence-corrected chi connectivity index (χ2v) is 8.23. The summed E-state index contributed by atoms with van der Waals surface area (Å²) in [6, 6.07) is 7.54. The van der Waals surface area contributed by atoms with Crippen LogP contribution in [0.25, 0.3) is 0 Å². The zero-order valence-electron chi connectivity index (χ0n) is 16.4. The molecular weight excluding hydrogens is 354 g/mol. The van der Waals surface area contributed by atoms with E-state index in [1.54, 1.807) is 0 Å². The summed E-state index contributed by atoms with van der Waals surface area (Å²) in [5.41, 5.74) is 1.64. The fraction of sp³-hybridized carbons (Fsp3) is 0.591. The Hall–Kier alpha value is -2.37. The van der Waals surface area contributed by atoms with Crippen LogP contribution in [0.5, 0.6) is 0 Å². The van der Waals surface area contributed by atoms with Gasteiger partial charge < -0.3 is 15.1 Å². The van der Waals surface area contributed by atoms with Gasteiger partial charge in [-0.1, -0.05) is 31.0 Å². The third-order valence-electron chi connectivity index (χ3n) is 6.37. The molecule has 4 rings (SSSR count). The van der Waals surface area contributed by atoms with Crippen molar-refractivity contribution in [3.05, 3.63) is 29.8 Å². The zero-order chi connectivity index (χ0) is 19.5. The van der Waals surface area contributed by atoms with Crippen LogP contribution in [0.2, 0.25) is 0 Å². The number of carbonyl (C=O) groups excluding carboxylic acids is 3. The Bertz CT molecular complexity index is 747. The van der Waals surface area contributed by atoms with E-state index in [-0.39, 0.29) is 30.1 Å². The highest BCUT2D eigenvalue weighted by molar-refractivity contribution is 6.01. The molecule has 0 aliphatic carbocycles. The fourth-order valence-electron chi connectivity index (χ4n) is 4.75. The number of amides is 3. The van der Waals surface area contributed by atoms with Crippen LogP contribution in [0.4, 0.5) is 5.69 Å². The number of nitrogens with one attached hydrogen (secondary N) is 1. The van der Waals surface area contributed by atoms with Gasteiger partial charge in [-0.05, 0) is 37.3 Å². The second kappa shape index (κ2) is 8.33. The SMILES string of the molecule is O=C1CC(C(=O)N2CCC(C(=O)N3CCCCCC3)CC2)c2ccccc2N1. The van der Waals surface area contributed by atoms with Gasteiger partial charge in [0.1, 0.15) is 0 Å². The van der Waals surface area contributed by atoms with Crippen molar-refractivity contribution in [3.63, 3.8) is 0 Å². The maximum atomic E-state index is 13.1. The predicted molar refractivity (Wildman–Crippen MR) is 107 cm³/mol. The first-order valence-electron chi connectivity index (χ1n) is 10.6. The van der Waals surface area contributed by atoms with Crippen LogP contribution < -0.4 is 5.32 Å². The van der Waals surface area contributed by atoms with Crippen molar-refractivity contribution in [1.29, 1.82) is 0 Å². The molecule has 6 nitrogen and oxygen atoms in total. The minimum atomic E-state index is -0.414. The highest BCUT2D eigenvalue weighted by atomic mass is 16.2. The minimum Gasteiger partial charge on any atom is -0.342 e. The smallest absolute Gasteiger partial charge is 0.230 e. The molecule has 6 heteroatoms.